The normalized spacial score (nSPS) is 24.2. The molecule has 8 nitrogen and oxygen atoms in total. The Hall–Kier alpha value is -2.81. The van der Waals surface area contributed by atoms with Crippen LogP contribution < -0.4 is 19.7 Å². The van der Waals surface area contributed by atoms with E-state index in [4.69, 9.17) is 18.9 Å². The van der Waals surface area contributed by atoms with Gasteiger partial charge < -0.3 is 34.1 Å². The minimum atomic E-state index is 0.0804. The van der Waals surface area contributed by atoms with Crippen molar-refractivity contribution in [3.8, 4) is 11.5 Å². The summed E-state index contributed by atoms with van der Waals surface area (Å²) in [6, 6.07) is 15.0. The fraction of sp³-hybridized carbons (Fsp3) is 0.606. The van der Waals surface area contributed by atoms with Gasteiger partial charge in [0.25, 0.3) is 0 Å². The number of nitrogens with zero attached hydrogens (tertiary/aromatic N) is 2. The summed E-state index contributed by atoms with van der Waals surface area (Å²) in [5.74, 6) is 3.10. The number of rotatable bonds is 12. The van der Waals surface area contributed by atoms with E-state index in [0.29, 0.717) is 37.5 Å². The number of anilines is 1. The number of carbonyl (C=O) groups is 1. The Morgan fingerprint density at radius 2 is 1.95 bits per heavy atom. The molecular weight excluding hydrogens is 518 g/mol. The Labute approximate surface area is 244 Å². The van der Waals surface area contributed by atoms with Gasteiger partial charge in [0.05, 0.1) is 31.5 Å². The first-order valence-electron chi connectivity index (χ1n) is 15.5. The highest BCUT2D eigenvalue weighted by atomic mass is 16.5. The van der Waals surface area contributed by atoms with E-state index in [1.165, 1.54) is 24.0 Å². The van der Waals surface area contributed by atoms with Crippen molar-refractivity contribution in [1.29, 1.82) is 0 Å². The molecule has 4 aliphatic rings. The van der Waals surface area contributed by atoms with Crippen LogP contribution in [-0.2, 0) is 20.9 Å². The van der Waals surface area contributed by atoms with Gasteiger partial charge in [-0.1, -0.05) is 18.2 Å². The Kier molecular flexibility index (Phi) is 9.29. The van der Waals surface area contributed by atoms with Crippen molar-refractivity contribution < 1.29 is 23.7 Å². The van der Waals surface area contributed by atoms with Crippen LogP contribution in [0.5, 0.6) is 11.5 Å². The second-order valence-electron chi connectivity index (χ2n) is 12.0. The van der Waals surface area contributed by atoms with Crippen molar-refractivity contribution in [3.63, 3.8) is 0 Å². The summed E-state index contributed by atoms with van der Waals surface area (Å²) in [4.78, 5) is 16.8. The number of amides is 1. The van der Waals surface area contributed by atoms with Crippen LogP contribution in [0.25, 0.3) is 0 Å². The summed E-state index contributed by atoms with van der Waals surface area (Å²) in [5.41, 5.74) is 3.61. The van der Waals surface area contributed by atoms with E-state index in [0.717, 1.165) is 82.2 Å². The Morgan fingerprint density at radius 3 is 2.78 bits per heavy atom. The number of fused-ring (bicyclic) bond motifs is 1. The van der Waals surface area contributed by atoms with Crippen LogP contribution in [0.1, 0.15) is 55.6 Å². The molecule has 3 heterocycles. The molecule has 3 aliphatic heterocycles. The van der Waals surface area contributed by atoms with E-state index in [2.05, 4.69) is 52.7 Å². The molecule has 1 amide bonds. The monoisotopic (exact) mass is 563 g/mol. The van der Waals surface area contributed by atoms with Crippen LogP contribution in [0.4, 0.5) is 5.69 Å². The second-order valence-corrected chi connectivity index (χ2v) is 12.0. The highest BCUT2D eigenvalue weighted by molar-refractivity contribution is 5.77. The lowest BCUT2D eigenvalue weighted by molar-refractivity contribution is -0.130. The molecule has 6 rings (SSSR count). The number of piperidine rings is 1. The van der Waals surface area contributed by atoms with Gasteiger partial charge in [-0.2, -0.15) is 0 Å². The Bertz CT molecular complexity index is 1150. The summed E-state index contributed by atoms with van der Waals surface area (Å²) >= 11 is 0. The fourth-order valence-corrected chi connectivity index (χ4v) is 6.36. The zero-order valence-electron chi connectivity index (χ0n) is 24.4. The maximum atomic E-state index is 12.5. The molecule has 3 unspecified atom stereocenters. The average molecular weight is 564 g/mol. The molecular formula is C33H45N3O5. The fourth-order valence-electron chi connectivity index (χ4n) is 6.36. The van der Waals surface area contributed by atoms with Gasteiger partial charge in [0, 0.05) is 52.1 Å². The van der Waals surface area contributed by atoms with Crippen LogP contribution in [-0.4, -0.2) is 82.6 Å². The van der Waals surface area contributed by atoms with E-state index in [1.807, 2.05) is 4.90 Å². The third-order valence-electron chi connectivity index (χ3n) is 8.92. The topological polar surface area (TPSA) is 72.5 Å². The van der Waals surface area contributed by atoms with Crippen LogP contribution in [0, 0.1) is 5.92 Å². The summed E-state index contributed by atoms with van der Waals surface area (Å²) in [5, 5.41) is 3.52. The first-order chi connectivity index (χ1) is 20.2. The molecule has 0 aromatic heterocycles. The maximum Gasteiger partial charge on any atom is 0.222 e. The minimum Gasteiger partial charge on any atom is -0.490 e. The number of likely N-dealkylation sites (tertiary alicyclic amines) is 1. The summed E-state index contributed by atoms with van der Waals surface area (Å²) in [6.45, 7) is 7.25. The first-order valence-corrected chi connectivity index (χ1v) is 15.5. The largest absolute Gasteiger partial charge is 0.490 e. The lowest BCUT2D eigenvalue weighted by Crippen LogP contribution is -2.41. The molecule has 2 saturated heterocycles. The van der Waals surface area contributed by atoms with Gasteiger partial charge in [-0.15, -0.1) is 0 Å². The van der Waals surface area contributed by atoms with Gasteiger partial charge in [0.2, 0.25) is 5.91 Å². The van der Waals surface area contributed by atoms with E-state index in [-0.39, 0.29) is 12.2 Å². The molecule has 1 aliphatic carbocycles. The van der Waals surface area contributed by atoms with Gasteiger partial charge in [-0.25, -0.2) is 0 Å². The van der Waals surface area contributed by atoms with Crippen LogP contribution in [0.3, 0.4) is 0 Å². The number of methoxy groups -OCH3 is 1. The van der Waals surface area contributed by atoms with Gasteiger partial charge in [-0.05, 0) is 73.5 Å². The number of ether oxygens (including phenoxy) is 4. The molecule has 2 aromatic rings. The molecule has 3 fully saturated rings. The van der Waals surface area contributed by atoms with Crippen LogP contribution in [0.15, 0.2) is 42.5 Å². The predicted molar refractivity (Wildman–Crippen MR) is 159 cm³/mol. The third-order valence-corrected chi connectivity index (χ3v) is 8.92. The molecule has 1 saturated carbocycles. The molecule has 1 N–H and O–H groups in total. The van der Waals surface area contributed by atoms with E-state index < -0.39 is 0 Å². The van der Waals surface area contributed by atoms with Gasteiger partial charge in [-0.3, -0.25) is 4.79 Å². The number of benzene rings is 2. The lowest BCUT2D eigenvalue weighted by atomic mass is 9.87. The number of nitrogens with one attached hydrogen (secondary N) is 1. The van der Waals surface area contributed by atoms with Crippen molar-refractivity contribution in [1.82, 2.24) is 10.2 Å². The smallest absolute Gasteiger partial charge is 0.222 e. The minimum absolute atomic E-state index is 0.0804. The van der Waals surface area contributed by atoms with E-state index in [9.17, 15) is 4.79 Å². The molecule has 0 bridgehead atoms. The van der Waals surface area contributed by atoms with Crippen molar-refractivity contribution in [3.05, 3.63) is 53.6 Å². The summed E-state index contributed by atoms with van der Waals surface area (Å²) < 4.78 is 24.0. The number of hydrogen-bond donors (Lipinski definition) is 1. The van der Waals surface area contributed by atoms with Crippen molar-refractivity contribution in [2.45, 2.75) is 63.3 Å². The molecule has 0 radical (unpaired) electrons. The Balaban J connectivity index is 1.03. The summed E-state index contributed by atoms with van der Waals surface area (Å²) in [6.07, 6.45) is 6.26. The molecule has 41 heavy (non-hydrogen) atoms. The van der Waals surface area contributed by atoms with Crippen molar-refractivity contribution in [2.24, 2.45) is 5.92 Å². The highest BCUT2D eigenvalue weighted by Crippen LogP contribution is 2.35. The van der Waals surface area contributed by atoms with Gasteiger partial charge in [0.15, 0.2) is 0 Å². The van der Waals surface area contributed by atoms with Crippen LogP contribution in [0.2, 0.25) is 0 Å². The quantitative estimate of drug-likeness (QED) is 0.385. The average Bonchev–Trinajstić information content (AvgIpc) is 3.70. The lowest BCUT2D eigenvalue weighted by Gasteiger charge is -2.33. The second kappa shape index (κ2) is 13.4. The third kappa shape index (κ3) is 7.34. The zero-order chi connectivity index (χ0) is 28.0. The first kappa shape index (κ1) is 28.3. The van der Waals surface area contributed by atoms with Gasteiger partial charge >= 0.3 is 0 Å². The maximum absolute atomic E-state index is 12.5. The van der Waals surface area contributed by atoms with Crippen LogP contribution >= 0.6 is 0 Å². The molecule has 3 atom stereocenters. The SMILES string of the molecule is COCCCN1CCOc2ccc(COC3CNCCC3c3ccc(OC4CCN(C(=O)CC5CC5)C4)cc3)cc21. The van der Waals surface area contributed by atoms with E-state index in [1.54, 1.807) is 7.11 Å². The number of carbonyl (C=O) groups excluding carboxylic acids is 1. The molecule has 0 spiro atoms. The highest BCUT2D eigenvalue weighted by Gasteiger charge is 2.32. The van der Waals surface area contributed by atoms with Gasteiger partial charge in [0.1, 0.15) is 24.2 Å². The summed E-state index contributed by atoms with van der Waals surface area (Å²) in [7, 11) is 1.75. The molecule has 8 heteroatoms. The van der Waals surface area contributed by atoms with E-state index >= 15 is 0 Å². The standard InChI is InChI=1S/C33H45N3O5/c1-38-17-2-14-35-16-18-39-31-10-5-25(19-30(31)35)23-40-32-21-34-13-11-29(32)26-6-8-27(9-7-26)41-28-12-15-36(22-28)33(37)20-24-3-4-24/h5-10,19,24,28-29,32,34H,2-4,11-18,20-23H2,1H3. The molecule has 222 valence electrons. The number of hydrogen-bond acceptors (Lipinski definition) is 7. The predicted octanol–water partition coefficient (Wildman–Crippen LogP) is 4.36. The zero-order valence-corrected chi connectivity index (χ0v) is 24.4. The Morgan fingerprint density at radius 1 is 1.07 bits per heavy atom. The molecule has 2 aromatic carbocycles. The van der Waals surface area contributed by atoms with Crippen molar-refractivity contribution >= 4 is 11.6 Å². The van der Waals surface area contributed by atoms with Crippen molar-refractivity contribution in [2.75, 3.05) is 64.5 Å².